The van der Waals surface area contributed by atoms with Crippen molar-refractivity contribution >= 4 is 5.97 Å². The molecule has 0 aromatic heterocycles. The summed E-state index contributed by atoms with van der Waals surface area (Å²) in [7, 11) is 0. The van der Waals surface area contributed by atoms with Crippen molar-refractivity contribution in [3.05, 3.63) is 35.9 Å². The number of carboxylic acid groups (broad SMARTS) is 1. The average Bonchev–Trinajstić information content (AvgIpc) is 2.40. The van der Waals surface area contributed by atoms with Gasteiger partial charge >= 0.3 is 5.97 Å². The van der Waals surface area contributed by atoms with Crippen molar-refractivity contribution in [3.63, 3.8) is 0 Å². The van der Waals surface area contributed by atoms with Crippen LogP contribution in [-0.2, 0) is 11.2 Å². The highest BCUT2D eigenvalue weighted by atomic mass is 16.4. The van der Waals surface area contributed by atoms with E-state index in [0.29, 0.717) is 13.0 Å². The average molecular weight is 247 g/mol. The Hall–Kier alpha value is -1.35. The second kappa shape index (κ2) is 5.53. The Bertz CT molecular complexity index is 404. The zero-order chi connectivity index (χ0) is 13.0. The first kappa shape index (κ1) is 13.1. The number of hydrogen-bond donors (Lipinski definition) is 1. The maximum Gasteiger partial charge on any atom is 0.311 e. The molecule has 0 unspecified atom stereocenters. The van der Waals surface area contributed by atoms with Crippen LogP contribution >= 0.6 is 0 Å². The summed E-state index contributed by atoms with van der Waals surface area (Å²) in [5.74, 6) is -0.649. The minimum atomic E-state index is -0.649. The fraction of sp³-hybridized carbons (Fsp3) is 0.533. The normalized spacial score (nSPS) is 24.9. The topological polar surface area (TPSA) is 40.5 Å². The summed E-state index contributed by atoms with van der Waals surface area (Å²) in [6.45, 7) is 4.73. The Kier molecular flexibility index (Phi) is 4.02. The highest BCUT2D eigenvalue weighted by Gasteiger charge is 2.41. The zero-order valence-electron chi connectivity index (χ0n) is 10.9. The Balaban J connectivity index is 2.19. The van der Waals surface area contributed by atoms with Gasteiger partial charge in [0.05, 0.1) is 5.41 Å². The summed E-state index contributed by atoms with van der Waals surface area (Å²) in [6.07, 6.45) is 2.40. The van der Waals surface area contributed by atoms with E-state index in [4.69, 9.17) is 0 Å². The van der Waals surface area contributed by atoms with Crippen molar-refractivity contribution < 1.29 is 9.90 Å². The lowest BCUT2D eigenvalue weighted by molar-refractivity contribution is -0.152. The van der Waals surface area contributed by atoms with E-state index >= 15 is 0 Å². The molecule has 3 heteroatoms. The molecule has 0 saturated carbocycles. The molecule has 0 radical (unpaired) electrons. The van der Waals surface area contributed by atoms with Crippen LogP contribution in [-0.4, -0.2) is 35.6 Å². The van der Waals surface area contributed by atoms with Gasteiger partial charge in [-0.2, -0.15) is 0 Å². The molecule has 1 N–H and O–H groups in total. The monoisotopic (exact) mass is 247 g/mol. The molecule has 1 aliphatic rings. The number of benzene rings is 1. The SMILES string of the molecule is CCN1CCC[C@@](Cc2ccccc2)(C(=O)O)C1. The van der Waals surface area contributed by atoms with Crippen LogP contribution in [0.4, 0.5) is 0 Å². The molecule has 18 heavy (non-hydrogen) atoms. The van der Waals surface area contributed by atoms with Crippen LogP contribution in [0, 0.1) is 5.41 Å². The van der Waals surface area contributed by atoms with Crippen LogP contribution in [0.5, 0.6) is 0 Å². The molecule has 0 aliphatic carbocycles. The van der Waals surface area contributed by atoms with Crippen LogP contribution in [0.1, 0.15) is 25.3 Å². The number of aliphatic carboxylic acids is 1. The molecule has 1 atom stereocenters. The summed E-state index contributed by atoms with van der Waals surface area (Å²) in [6, 6.07) is 9.97. The van der Waals surface area contributed by atoms with Gasteiger partial charge in [0, 0.05) is 6.54 Å². The molecule has 1 heterocycles. The van der Waals surface area contributed by atoms with Crippen LogP contribution in [0.15, 0.2) is 30.3 Å². The van der Waals surface area contributed by atoms with Gasteiger partial charge in [0.25, 0.3) is 0 Å². The standard InChI is InChI=1S/C15H21NO2/c1-2-16-10-6-9-15(12-16,14(17)18)11-13-7-4-3-5-8-13/h3-5,7-8H,2,6,9-12H2,1H3,(H,17,18)/t15-/m0/s1. The molecular formula is C15H21NO2. The lowest BCUT2D eigenvalue weighted by Crippen LogP contribution is -2.49. The fourth-order valence-electron chi connectivity index (χ4n) is 2.88. The molecule has 0 spiro atoms. The zero-order valence-corrected chi connectivity index (χ0v) is 10.9. The first-order valence-electron chi connectivity index (χ1n) is 6.66. The number of piperidine rings is 1. The van der Waals surface area contributed by atoms with Crippen LogP contribution in [0.2, 0.25) is 0 Å². The van der Waals surface area contributed by atoms with Crippen molar-refractivity contribution in [2.75, 3.05) is 19.6 Å². The van der Waals surface area contributed by atoms with E-state index < -0.39 is 11.4 Å². The fourth-order valence-corrected chi connectivity index (χ4v) is 2.88. The Morgan fingerprint density at radius 1 is 1.39 bits per heavy atom. The molecular weight excluding hydrogens is 226 g/mol. The van der Waals surface area contributed by atoms with Gasteiger partial charge in [-0.3, -0.25) is 4.79 Å². The molecule has 1 fully saturated rings. The van der Waals surface area contributed by atoms with E-state index in [0.717, 1.165) is 31.5 Å². The Labute approximate surface area is 108 Å². The first-order chi connectivity index (χ1) is 8.66. The van der Waals surface area contributed by atoms with E-state index in [1.54, 1.807) is 0 Å². The third-order valence-electron chi connectivity index (χ3n) is 3.94. The third kappa shape index (κ3) is 2.72. The summed E-state index contributed by atoms with van der Waals surface area (Å²) in [5, 5.41) is 9.64. The number of hydrogen-bond acceptors (Lipinski definition) is 2. The molecule has 1 aromatic rings. The predicted octanol–water partition coefficient (Wildman–Crippen LogP) is 2.42. The van der Waals surface area contributed by atoms with Gasteiger partial charge in [-0.05, 0) is 37.9 Å². The largest absolute Gasteiger partial charge is 0.481 e. The quantitative estimate of drug-likeness (QED) is 0.888. The summed E-state index contributed by atoms with van der Waals surface area (Å²) >= 11 is 0. The summed E-state index contributed by atoms with van der Waals surface area (Å²) in [5.41, 5.74) is 0.521. The molecule has 98 valence electrons. The molecule has 1 aromatic carbocycles. The van der Waals surface area contributed by atoms with E-state index in [-0.39, 0.29) is 0 Å². The predicted molar refractivity (Wildman–Crippen MR) is 71.6 cm³/mol. The third-order valence-corrected chi connectivity index (χ3v) is 3.94. The lowest BCUT2D eigenvalue weighted by atomic mass is 9.75. The molecule has 1 saturated heterocycles. The van der Waals surface area contributed by atoms with E-state index in [1.807, 2.05) is 30.3 Å². The second-order valence-corrected chi connectivity index (χ2v) is 5.22. The van der Waals surface area contributed by atoms with E-state index in [1.165, 1.54) is 0 Å². The number of carbonyl (C=O) groups is 1. The smallest absolute Gasteiger partial charge is 0.311 e. The lowest BCUT2D eigenvalue weighted by Gasteiger charge is -2.39. The van der Waals surface area contributed by atoms with Crippen molar-refractivity contribution in [1.29, 1.82) is 0 Å². The highest BCUT2D eigenvalue weighted by molar-refractivity contribution is 5.75. The van der Waals surface area contributed by atoms with Gasteiger partial charge in [-0.1, -0.05) is 37.3 Å². The van der Waals surface area contributed by atoms with Crippen molar-refractivity contribution in [2.45, 2.75) is 26.2 Å². The van der Waals surface area contributed by atoms with Crippen LogP contribution in [0.3, 0.4) is 0 Å². The van der Waals surface area contributed by atoms with Gasteiger partial charge in [-0.15, -0.1) is 0 Å². The van der Waals surface area contributed by atoms with Crippen LogP contribution < -0.4 is 0 Å². The van der Waals surface area contributed by atoms with Gasteiger partial charge in [0.15, 0.2) is 0 Å². The summed E-state index contributed by atoms with van der Waals surface area (Å²) < 4.78 is 0. The summed E-state index contributed by atoms with van der Waals surface area (Å²) in [4.78, 5) is 14.0. The van der Waals surface area contributed by atoms with Crippen molar-refractivity contribution in [2.24, 2.45) is 5.41 Å². The van der Waals surface area contributed by atoms with Crippen molar-refractivity contribution in [3.8, 4) is 0 Å². The molecule has 3 nitrogen and oxygen atoms in total. The number of carboxylic acids is 1. The van der Waals surface area contributed by atoms with Gasteiger partial charge in [0.2, 0.25) is 0 Å². The van der Waals surface area contributed by atoms with Gasteiger partial charge in [0.1, 0.15) is 0 Å². The first-order valence-corrected chi connectivity index (χ1v) is 6.66. The molecule has 2 rings (SSSR count). The minimum Gasteiger partial charge on any atom is -0.481 e. The Morgan fingerprint density at radius 3 is 2.72 bits per heavy atom. The Morgan fingerprint density at radius 2 is 2.11 bits per heavy atom. The molecule has 0 bridgehead atoms. The van der Waals surface area contributed by atoms with Crippen molar-refractivity contribution in [1.82, 2.24) is 4.90 Å². The molecule has 1 aliphatic heterocycles. The van der Waals surface area contributed by atoms with Gasteiger partial charge in [-0.25, -0.2) is 0 Å². The minimum absolute atomic E-state index is 0.602. The maximum atomic E-state index is 11.7. The van der Waals surface area contributed by atoms with Crippen LogP contribution in [0.25, 0.3) is 0 Å². The number of rotatable bonds is 4. The van der Waals surface area contributed by atoms with Gasteiger partial charge < -0.3 is 10.0 Å². The number of nitrogens with zero attached hydrogens (tertiary/aromatic N) is 1. The molecule has 0 amide bonds. The number of likely N-dealkylation sites (tertiary alicyclic amines) is 1. The maximum absolute atomic E-state index is 11.7. The van der Waals surface area contributed by atoms with E-state index in [9.17, 15) is 9.90 Å². The highest BCUT2D eigenvalue weighted by Crippen LogP contribution is 2.34. The van der Waals surface area contributed by atoms with E-state index in [2.05, 4.69) is 11.8 Å². The second-order valence-electron chi connectivity index (χ2n) is 5.22.